The first-order chi connectivity index (χ1) is 9.25. The van der Waals surface area contributed by atoms with Gasteiger partial charge >= 0.3 is 5.96 Å². The topological polar surface area (TPSA) is 92.3 Å². The molecule has 0 saturated carbocycles. The highest BCUT2D eigenvalue weighted by Crippen LogP contribution is 2.14. The predicted octanol–water partition coefficient (Wildman–Crippen LogP) is -0.493. The van der Waals surface area contributed by atoms with Gasteiger partial charge in [0, 0.05) is 23.4 Å². The van der Waals surface area contributed by atoms with Gasteiger partial charge in [-0.05, 0) is 12.1 Å². The summed E-state index contributed by atoms with van der Waals surface area (Å²) in [7, 11) is 0. The number of pyridine rings is 1. The molecule has 1 aliphatic heterocycles. The lowest BCUT2D eigenvalue weighted by molar-refractivity contribution is -0.812. The summed E-state index contributed by atoms with van der Waals surface area (Å²) in [5.41, 5.74) is 1.32. The van der Waals surface area contributed by atoms with Crippen LogP contribution in [-0.4, -0.2) is 10.9 Å². The van der Waals surface area contributed by atoms with Crippen molar-refractivity contribution in [3.05, 3.63) is 59.2 Å². The molecule has 1 aromatic heterocycles. The number of benzene rings is 1. The lowest BCUT2D eigenvalue weighted by Gasteiger charge is -2.30. The number of aromatic nitrogens is 1. The fourth-order valence-corrected chi connectivity index (χ4v) is 1.87. The van der Waals surface area contributed by atoms with Crippen LogP contribution in [-0.2, 0) is 0 Å². The third-order valence-corrected chi connectivity index (χ3v) is 2.75. The predicted molar refractivity (Wildman–Crippen MR) is 69.7 cm³/mol. The van der Waals surface area contributed by atoms with Crippen LogP contribution in [0.3, 0.4) is 0 Å². The van der Waals surface area contributed by atoms with Gasteiger partial charge in [-0.2, -0.15) is 5.17 Å². The van der Waals surface area contributed by atoms with Crippen LogP contribution in [0.1, 0.15) is 0 Å². The smallest absolute Gasteiger partial charge is 0.358 e. The molecule has 2 unspecified atom stereocenters. The molecule has 7 nitrogen and oxygen atoms in total. The molecule has 2 atom stereocenters. The molecule has 7 heteroatoms. The van der Waals surface area contributed by atoms with Crippen LogP contribution in [0.4, 0.5) is 17.1 Å². The van der Waals surface area contributed by atoms with Crippen LogP contribution in [0.5, 0.6) is 0 Å². The molecule has 0 bridgehead atoms. The molecular weight excluding hydrogens is 246 g/mol. The summed E-state index contributed by atoms with van der Waals surface area (Å²) in [4.78, 5) is 3.92. The molecule has 1 aliphatic rings. The van der Waals surface area contributed by atoms with Crippen LogP contribution < -0.4 is 15.6 Å². The highest BCUT2D eigenvalue weighted by Gasteiger charge is 2.27. The van der Waals surface area contributed by atoms with Gasteiger partial charge in [0.15, 0.2) is 0 Å². The Morgan fingerprint density at radius 1 is 1.00 bits per heavy atom. The van der Waals surface area contributed by atoms with Gasteiger partial charge < -0.3 is 10.4 Å². The third kappa shape index (κ3) is 2.18. The Labute approximate surface area is 108 Å². The molecule has 2 aromatic rings. The largest absolute Gasteiger partial charge is 0.621 e. The van der Waals surface area contributed by atoms with E-state index in [0.29, 0.717) is 17.1 Å². The van der Waals surface area contributed by atoms with Gasteiger partial charge in [-0.25, -0.2) is 0 Å². The first-order valence-electron chi connectivity index (χ1n) is 5.69. The maximum Gasteiger partial charge on any atom is 0.358 e. The minimum Gasteiger partial charge on any atom is -0.621 e. The fourth-order valence-electron chi connectivity index (χ4n) is 1.87. The molecule has 1 aromatic carbocycles. The van der Waals surface area contributed by atoms with Gasteiger partial charge in [-0.3, -0.25) is 15.4 Å². The molecule has 0 amide bonds. The molecule has 0 radical (unpaired) electrons. The first-order valence-corrected chi connectivity index (χ1v) is 5.69. The number of nitrogens with one attached hydrogen (secondary N) is 3. The van der Waals surface area contributed by atoms with E-state index in [0.717, 1.165) is 0 Å². The Bertz CT molecular complexity index is 617. The van der Waals surface area contributed by atoms with Gasteiger partial charge in [0.25, 0.3) is 0 Å². The summed E-state index contributed by atoms with van der Waals surface area (Å²) in [6, 6.07) is 10.1. The second kappa shape index (κ2) is 4.75. The Morgan fingerprint density at radius 2 is 1.79 bits per heavy atom. The van der Waals surface area contributed by atoms with Crippen molar-refractivity contribution in [1.82, 2.24) is 4.98 Å². The van der Waals surface area contributed by atoms with E-state index in [9.17, 15) is 10.4 Å². The highest BCUT2D eigenvalue weighted by molar-refractivity contribution is 5.89. The fraction of sp³-hybridized carbons (Fsp3) is 0. The van der Waals surface area contributed by atoms with E-state index < -0.39 is 5.17 Å². The van der Waals surface area contributed by atoms with Gasteiger partial charge in [-0.1, -0.05) is 12.1 Å². The summed E-state index contributed by atoms with van der Waals surface area (Å²) in [6.07, 6.45) is 3.18. The lowest BCUT2D eigenvalue weighted by atomic mass is 10.2. The zero-order valence-corrected chi connectivity index (χ0v) is 9.83. The molecule has 0 aliphatic carbocycles. The van der Waals surface area contributed by atoms with Crippen LogP contribution in [0.25, 0.3) is 0 Å². The van der Waals surface area contributed by atoms with E-state index in [1.807, 2.05) is 0 Å². The molecule has 0 spiro atoms. The summed E-state index contributed by atoms with van der Waals surface area (Å²) >= 11 is 0. The summed E-state index contributed by atoms with van der Waals surface area (Å²) in [5, 5.41) is 29.9. The number of nitrogens with zero attached hydrogens (tertiary/aromatic N) is 2. The van der Waals surface area contributed by atoms with Crippen LogP contribution >= 0.6 is 0 Å². The standard InChI is InChI=1S/C12H11N5O2/c18-16-10-5-1-2-6-11(10)17(19)15-12(16)14-9-4-3-7-13-8-9/h1-8,16-17H,(H,14,15). The molecule has 2 heterocycles. The second-order valence-corrected chi connectivity index (χ2v) is 4.01. The maximum absolute atomic E-state index is 12.2. The number of hydroxylamine groups is 1. The minimum atomic E-state index is -0.415. The Morgan fingerprint density at radius 3 is 2.53 bits per heavy atom. The number of anilines is 1. The van der Waals surface area contributed by atoms with Crippen molar-refractivity contribution in [3.63, 3.8) is 0 Å². The number of fused-ring (bicyclic) bond motifs is 1. The average Bonchev–Trinajstić information content (AvgIpc) is 2.46. The van der Waals surface area contributed by atoms with Gasteiger partial charge in [-0.15, -0.1) is 0 Å². The maximum atomic E-state index is 12.2. The highest BCUT2D eigenvalue weighted by atomic mass is 16.5. The number of guanidine groups is 1. The number of para-hydroxylation sites is 1. The van der Waals surface area contributed by atoms with E-state index in [4.69, 9.17) is 0 Å². The molecular formula is C12H11N5O2. The zero-order valence-electron chi connectivity index (χ0n) is 9.83. The van der Waals surface area contributed by atoms with Crippen molar-refractivity contribution in [2.75, 3.05) is 5.32 Å². The molecule has 3 rings (SSSR count). The van der Waals surface area contributed by atoms with Crippen molar-refractivity contribution < 1.29 is 10.2 Å². The van der Waals surface area contributed by atoms with Crippen molar-refractivity contribution >= 4 is 23.0 Å². The zero-order chi connectivity index (χ0) is 13.2. The molecule has 96 valence electrons. The molecule has 19 heavy (non-hydrogen) atoms. The lowest BCUT2D eigenvalue weighted by Crippen LogP contribution is -3.14. The van der Waals surface area contributed by atoms with Gasteiger partial charge in [0.1, 0.15) is 0 Å². The van der Waals surface area contributed by atoms with Crippen molar-refractivity contribution in [2.24, 2.45) is 5.10 Å². The van der Waals surface area contributed by atoms with E-state index in [1.54, 1.807) is 48.8 Å². The van der Waals surface area contributed by atoms with Crippen molar-refractivity contribution in [2.45, 2.75) is 0 Å². The van der Waals surface area contributed by atoms with Gasteiger partial charge in [0.05, 0.1) is 11.9 Å². The van der Waals surface area contributed by atoms with Crippen LogP contribution in [0, 0.1) is 10.4 Å². The second-order valence-electron chi connectivity index (χ2n) is 4.01. The minimum absolute atomic E-state index is 0.0247. The third-order valence-electron chi connectivity index (χ3n) is 2.75. The van der Waals surface area contributed by atoms with E-state index in [1.165, 1.54) is 0 Å². The Balaban J connectivity index is 1.92. The average molecular weight is 257 g/mol. The monoisotopic (exact) mass is 257 g/mol. The number of quaternary nitrogens is 2. The number of hydrogen-bond donors (Lipinski definition) is 3. The van der Waals surface area contributed by atoms with Crippen LogP contribution in [0.2, 0.25) is 0 Å². The van der Waals surface area contributed by atoms with Crippen molar-refractivity contribution in [3.8, 4) is 0 Å². The van der Waals surface area contributed by atoms with E-state index >= 15 is 0 Å². The van der Waals surface area contributed by atoms with E-state index in [2.05, 4.69) is 15.4 Å². The SMILES string of the molecule is [O-][NH+]1N=C(Nc2cccnc2)[NH+]([O-])c2ccccc21. The summed E-state index contributed by atoms with van der Waals surface area (Å²) in [6.45, 7) is 0. The quantitative estimate of drug-likeness (QED) is 0.601. The van der Waals surface area contributed by atoms with Gasteiger partial charge in [0.2, 0.25) is 11.4 Å². The first kappa shape index (κ1) is 11.8. The molecule has 0 saturated heterocycles. The summed E-state index contributed by atoms with van der Waals surface area (Å²) in [5.74, 6) is 0.0247. The van der Waals surface area contributed by atoms with Crippen LogP contribution in [0.15, 0.2) is 53.9 Å². The Hall–Kier alpha value is -2.32. The number of hydrogen-bond acceptors (Lipinski definition) is 5. The molecule has 0 fully saturated rings. The van der Waals surface area contributed by atoms with E-state index in [-0.39, 0.29) is 11.0 Å². The Kier molecular flexibility index (Phi) is 2.94. The number of rotatable bonds is 1. The summed E-state index contributed by atoms with van der Waals surface area (Å²) < 4.78 is 0. The van der Waals surface area contributed by atoms with Crippen molar-refractivity contribution in [1.29, 1.82) is 0 Å². The molecule has 3 N–H and O–H groups in total. The normalized spacial score (nSPS) is 21.5.